The summed E-state index contributed by atoms with van der Waals surface area (Å²) in [6.45, 7) is 1.67. The number of likely N-dealkylation sites (N-methyl/N-ethyl adjacent to an activating group) is 1. The highest BCUT2D eigenvalue weighted by atomic mass is 32.1. The summed E-state index contributed by atoms with van der Waals surface area (Å²) in [7, 11) is 3.17. The molecular weight excluding hydrogens is 370 g/mol. The molecule has 2 amide bonds. The minimum atomic E-state index is -0.634. The van der Waals surface area contributed by atoms with Gasteiger partial charge >= 0.3 is 5.97 Å². The fourth-order valence-electron chi connectivity index (χ4n) is 1.92. The Labute approximate surface area is 161 Å². The summed E-state index contributed by atoms with van der Waals surface area (Å²) in [4.78, 5) is 40.6. The number of hydrogen-bond acceptors (Lipinski definition) is 7. The third-order valence-corrected chi connectivity index (χ3v) is 4.24. The molecule has 0 aliphatic carbocycles. The Bertz CT molecular complexity index is 802. The van der Waals surface area contributed by atoms with E-state index in [1.54, 1.807) is 49.7 Å². The smallest absolute Gasteiger partial charge is 0.338 e. The van der Waals surface area contributed by atoms with Crippen LogP contribution >= 0.6 is 11.3 Å². The Morgan fingerprint density at radius 1 is 1.19 bits per heavy atom. The number of thiazole rings is 1. The molecule has 0 radical (unpaired) electrons. The fraction of sp³-hybridized carbons (Fsp3) is 0.333. The molecule has 1 aromatic heterocycles. The van der Waals surface area contributed by atoms with Gasteiger partial charge in [0.25, 0.3) is 5.91 Å². The van der Waals surface area contributed by atoms with Gasteiger partial charge < -0.3 is 19.7 Å². The normalized spacial score (nSPS) is 10.2. The van der Waals surface area contributed by atoms with Gasteiger partial charge in [-0.2, -0.15) is 0 Å². The molecule has 2 rings (SSSR count). The van der Waals surface area contributed by atoms with Crippen LogP contribution in [0.2, 0.25) is 0 Å². The van der Waals surface area contributed by atoms with Crippen molar-refractivity contribution >= 4 is 29.1 Å². The van der Waals surface area contributed by atoms with Crippen LogP contribution in [-0.4, -0.2) is 54.9 Å². The highest BCUT2D eigenvalue weighted by Gasteiger charge is 2.12. The second-order valence-electron chi connectivity index (χ2n) is 5.81. The van der Waals surface area contributed by atoms with E-state index >= 15 is 0 Å². The van der Waals surface area contributed by atoms with Crippen molar-refractivity contribution in [1.82, 2.24) is 15.2 Å². The number of esters is 1. The Balaban J connectivity index is 1.76. The second-order valence-corrected chi connectivity index (χ2v) is 6.87. The fourth-order valence-corrected chi connectivity index (χ4v) is 2.51. The molecule has 2 aromatic rings. The van der Waals surface area contributed by atoms with E-state index in [-0.39, 0.29) is 12.5 Å². The number of ether oxygens (including phenoxy) is 2. The Kier molecular flexibility index (Phi) is 7.30. The summed E-state index contributed by atoms with van der Waals surface area (Å²) in [5.41, 5.74) is 1.14. The Morgan fingerprint density at radius 2 is 1.89 bits per heavy atom. The van der Waals surface area contributed by atoms with Crippen molar-refractivity contribution in [3.8, 4) is 5.75 Å². The van der Waals surface area contributed by atoms with Crippen molar-refractivity contribution in [2.24, 2.45) is 0 Å². The SMILES string of the molecule is Cc1nc(COc2ccc(C(=O)OCC(=O)NCC(=O)N(C)C)cc2)cs1. The average molecular weight is 391 g/mol. The number of rotatable bonds is 8. The van der Waals surface area contributed by atoms with E-state index in [1.165, 1.54) is 4.90 Å². The number of carbonyl (C=O) groups is 3. The number of amides is 2. The highest BCUT2D eigenvalue weighted by Crippen LogP contribution is 2.16. The minimum absolute atomic E-state index is 0.145. The predicted molar refractivity (Wildman–Crippen MR) is 99.6 cm³/mol. The first-order chi connectivity index (χ1) is 12.8. The summed E-state index contributed by atoms with van der Waals surface area (Å²) in [5, 5.41) is 5.28. The maximum Gasteiger partial charge on any atom is 0.338 e. The molecule has 0 aliphatic heterocycles. The van der Waals surface area contributed by atoms with E-state index in [4.69, 9.17) is 9.47 Å². The number of aromatic nitrogens is 1. The number of benzene rings is 1. The number of hydrogen-bond donors (Lipinski definition) is 1. The summed E-state index contributed by atoms with van der Waals surface area (Å²) >= 11 is 1.55. The molecule has 0 atom stereocenters. The van der Waals surface area contributed by atoms with E-state index in [0.717, 1.165) is 10.7 Å². The lowest BCUT2D eigenvalue weighted by molar-refractivity contribution is -0.131. The van der Waals surface area contributed by atoms with Gasteiger partial charge in [0, 0.05) is 19.5 Å². The summed E-state index contributed by atoms with van der Waals surface area (Å²) in [6, 6.07) is 6.39. The van der Waals surface area contributed by atoms with Crippen molar-refractivity contribution < 1.29 is 23.9 Å². The van der Waals surface area contributed by atoms with Crippen LogP contribution in [0.15, 0.2) is 29.6 Å². The van der Waals surface area contributed by atoms with E-state index in [9.17, 15) is 14.4 Å². The zero-order valence-corrected chi connectivity index (χ0v) is 16.2. The highest BCUT2D eigenvalue weighted by molar-refractivity contribution is 7.09. The molecule has 0 spiro atoms. The summed E-state index contributed by atoms with van der Waals surface area (Å²) < 4.78 is 10.5. The molecule has 0 unspecified atom stereocenters. The van der Waals surface area contributed by atoms with Gasteiger partial charge in [0.05, 0.1) is 22.8 Å². The van der Waals surface area contributed by atoms with E-state index in [1.807, 2.05) is 12.3 Å². The quantitative estimate of drug-likeness (QED) is 0.683. The second kappa shape index (κ2) is 9.67. The van der Waals surface area contributed by atoms with Gasteiger partial charge in [-0.1, -0.05) is 0 Å². The number of nitrogens with one attached hydrogen (secondary N) is 1. The van der Waals surface area contributed by atoms with E-state index in [0.29, 0.717) is 17.9 Å². The molecular formula is C18H21N3O5S. The number of nitrogens with zero attached hydrogens (tertiary/aromatic N) is 2. The van der Waals surface area contributed by atoms with Crippen molar-refractivity contribution in [2.75, 3.05) is 27.2 Å². The zero-order chi connectivity index (χ0) is 19.8. The molecule has 0 saturated heterocycles. The van der Waals surface area contributed by atoms with Crippen LogP contribution in [-0.2, 0) is 20.9 Å². The first-order valence-corrected chi connectivity index (χ1v) is 9.01. The first kappa shape index (κ1) is 20.4. The molecule has 1 heterocycles. The first-order valence-electron chi connectivity index (χ1n) is 8.13. The topological polar surface area (TPSA) is 97.8 Å². The standard InChI is InChI=1S/C18H21N3O5S/c1-12-20-14(11-27-12)9-25-15-6-4-13(5-7-15)18(24)26-10-16(22)19-8-17(23)21(2)3/h4-7,11H,8-10H2,1-3H3,(H,19,22). The van der Waals surface area contributed by atoms with Gasteiger partial charge in [0.1, 0.15) is 12.4 Å². The van der Waals surface area contributed by atoms with E-state index in [2.05, 4.69) is 10.3 Å². The summed E-state index contributed by atoms with van der Waals surface area (Å²) in [5.74, 6) is -0.835. The van der Waals surface area contributed by atoms with Crippen LogP contribution in [0.4, 0.5) is 0 Å². The van der Waals surface area contributed by atoms with Crippen LogP contribution < -0.4 is 10.1 Å². The molecule has 144 valence electrons. The van der Waals surface area contributed by atoms with Crippen molar-refractivity contribution in [3.63, 3.8) is 0 Å². The minimum Gasteiger partial charge on any atom is -0.487 e. The predicted octanol–water partition coefficient (Wildman–Crippen LogP) is 1.39. The molecule has 0 aliphatic rings. The van der Waals surface area contributed by atoms with E-state index < -0.39 is 18.5 Å². The lowest BCUT2D eigenvalue weighted by Gasteiger charge is -2.11. The van der Waals surface area contributed by atoms with Gasteiger partial charge in [-0.25, -0.2) is 9.78 Å². The van der Waals surface area contributed by atoms with Gasteiger partial charge in [0.15, 0.2) is 6.61 Å². The third kappa shape index (κ3) is 6.70. The van der Waals surface area contributed by atoms with Crippen LogP contribution in [0.25, 0.3) is 0 Å². The average Bonchev–Trinajstić information content (AvgIpc) is 3.08. The Hall–Kier alpha value is -2.94. The lowest BCUT2D eigenvalue weighted by Crippen LogP contribution is -2.38. The maximum atomic E-state index is 12.0. The van der Waals surface area contributed by atoms with Crippen molar-refractivity contribution in [3.05, 3.63) is 45.9 Å². The van der Waals surface area contributed by atoms with Crippen molar-refractivity contribution in [1.29, 1.82) is 0 Å². The zero-order valence-electron chi connectivity index (χ0n) is 15.4. The van der Waals surface area contributed by atoms with Gasteiger partial charge in [0.2, 0.25) is 5.91 Å². The summed E-state index contributed by atoms with van der Waals surface area (Å²) in [6.07, 6.45) is 0. The number of carbonyl (C=O) groups excluding carboxylic acids is 3. The van der Waals surface area contributed by atoms with Gasteiger partial charge in [-0.3, -0.25) is 9.59 Å². The van der Waals surface area contributed by atoms with Crippen LogP contribution in [0.5, 0.6) is 5.75 Å². The molecule has 1 aromatic carbocycles. The number of aryl methyl sites for hydroxylation is 1. The molecule has 0 fully saturated rings. The van der Waals surface area contributed by atoms with Gasteiger partial charge in [-0.15, -0.1) is 11.3 Å². The molecule has 0 bridgehead atoms. The largest absolute Gasteiger partial charge is 0.487 e. The van der Waals surface area contributed by atoms with Crippen LogP contribution in [0.1, 0.15) is 21.1 Å². The van der Waals surface area contributed by atoms with Crippen LogP contribution in [0.3, 0.4) is 0 Å². The lowest BCUT2D eigenvalue weighted by atomic mass is 10.2. The maximum absolute atomic E-state index is 12.0. The van der Waals surface area contributed by atoms with Gasteiger partial charge in [-0.05, 0) is 31.2 Å². The molecule has 9 heteroatoms. The third-order valence-electron chi connectivity index (χ3n) is 3.41. The molecule has 0 saturated carbocycles. The molecule has 1 N–H and O–H groups in total. The molecule has 8 nitrogen and oxygen atoms in total. The van der Waals surface area contributed by atoms with Crippen LogP contribution in [0, 0.1) is 6.92 Å². The monoisotopic (exact) mass is 391 g/mol. The molecule has 27 heavy (non-hydrogen) atoms. The Morgan fingerprint density at radius 3 is 2.48 bits per heavy atom. The van der Waals surface area contributed by atoms with Crippen molar-refractivity contribution in [2.45, 2.75) is 13.5 Å².